The minimum atomic E-state index is 0.473. The van der Waals surface area contributed by atoms with Crippen LogP contribution < -0.4 is 4.46 Å². The molecule has 0 amide bonds. The molecule has 1 unspecified atom stereocenters. The van der Waals surface area contributed by atoms with E-state index in [0.29, 0.717) is 20.7 Å². The molecule has 1 nitrogen and oxygen atoms in total. The fourth-order valence-electron chi connectivity index (χ4n) is 1.81. The van der Waals surface area contributed by atoms with Crippen molar-refractivity contribution in [2.24, 2.45) is 0 Å². The number of aromatic hydroxyl groups is 1. The van der Waals surface area contributed by atoms with Crippen LogP contribution in [0.2, 0.25) is 4.82 Å². The molecule has 0 fully saturated rings. The fraction of sp³-hybridized carbons (Fsp3) is 0.455. The molecule has 70 valence electrons. The summed E-state index contributed by atoms with van der Waals surface area (Å²) in [6.07, 6.45) is 1.16. The number of phenols is 1. The van der Waals surface area contributed by atoms with Crippen LogP contribution in [0.4, 0.5) is 0 Å². The van der Waals surface area contributed by atoms with Gasteiger partial charge in [0, 0.05) is 0 Å². The average molecular weight is 241 g/mol. The van der Waals surface area contributed by atoms with E-state index < -0.39 is 0 Å². The van der Waals surface area contributed by atoms with Crippen LogP contribution >= 0.6 is 0 Å². The van der Waals surface area contributed by atoms with Crippen molar-refractivity contribution in [1.29, 1.82) is 0 Å². The molecule has 2 heteroatoms. The molecule has 0 aromatic heterocycles. The summed E-state index contributed by atoms with van der Waals surface area (Å²) in [4.78, 5) is 0.808. The minimum absolute atomic E-state index is 0.473. The molecule has 1 aliphatic heterocycles. The van der Waals surface area contributed by atoms with Gasteiger partial charge in [0.05, 0.1) is 0 Å². The summed E-state index contributed by atoms with van der Waals surface area (Å²) in [6.45, 7) is 6.43. The number of fused-ring (bicyclic) bond motifs is 1. The van der Waals surface area contributed by atoms with Crippen LogP contribution in [0.1, 0.15) is 23.6 Å². The molecule has 1 aromatic carbocycles. The second-order valence-corrected chi connectivity index (χ2v) is 6.81. The second kappa shape index (κ2) is 3.04. The Labute approximate surface area is 85.3 Å². The van der Waals surface area contributed by atoms with E-state index in [1.54, 1.807) is 0 Å². The molecule has 0 radical (unpaired) electrons. The SMILES string of the molecule is Cc1c(O)cc2c(c1C)[Se]C(C)C2. The summed E-state index contributed by atoms with van der Waals surface area (Å²) >= 11 is 0.623. The maximum absolute atomic E-state index is 9.66. The van der Waals surface area contributed by atoms with Crippen LogP contribution in [0, 0.1) is 13.8 Å². The van der Waals surface area contributed by atoms with Gasteiger partial charge in [-0.1, -0.05) is 0 Å². The summed E-state index contributed by atoms with van der Waals surface area (Å²) in [5.74, 6) is 0.473. The van der Waals surface area contributed by atoms with Gasteiger partial charge in [-0.25, -0.2) is 0 Å². The van der Waals surface area contributed by atoms with Crippen molar-refractivity contribution in [1.82, 2.24) is 0 Å². The third kappa shape index (κ3) is 1.38. The Morgan fingerprint density at radius 2 is 2.08 bits per heavy atom. The molecule has 0 aliphatic carbocycles. The summed E-state index contributed by atoms with van der Waals surface area (Å²) in [5, 5.41) is 9.66. The van der Waals surface area contributed by atoms with E-state index in [1.165, 1.54) is 15.6 Å². The van der Waals surface area contributed by atoms with Crippen molar-refractivity contribution in [2.75, 3.05) is 0 Å². The summed E-state index contributed by atoms with van der Waals surface area (Å²) in [6, 6.07) is 1.96. The number of benzene rings is 1. The van der Waals surface area contributed by atoms with Crippen LogP contribution in [0.5, 0.6) is 5.75 Å². The van der Waals surface area contributed by atoms with Crippen molar-refractivity contribution in [3.05, 3.63) is 22.8 Å². The molecular formula is C11H14OSe. The molecule has 2 rings (SSSR count). The first-order valence-electron chi connectivity index (χ1n) is 4.58. The fourth-order valence-corrected chi connectivity index (χ4v) is 4.51. The van der Waals surface area contributed by atoms with E-state index in [4.69, 9.17) is 0 Å². The Hall–Kier alpha value is -0.461. The van der Waals surface area contributed by atoms with Gasteiger partial charge in [0.15, 0.2) is 0 Å². The third-order valence-electron chi connectivity index (χ3n) is 2.72. The Morgan fingerprint density at radius 1 is 1.38 bits per heavy atom. The zero-order chi connectivity index (χ0) is 9.59. The van der Waals surface area contributed by atoms with E-state index in [-0.39, 0.29) is 0 Å². The first kappa shape index (κ1) is 9.11. The quantitative estimate of drug-likeness (QED) is 0.685. The van der Waals surface area contributed by atoms with Crippen molar-refractivity contribution in [3.8, 4) is 5.75 Å². The molecule has 1 aromatic rings. The summed E-state index contributed by atoms with van der Waals surface area (Å²) in [7, 11) is 0. The molecule has 1 atom stereocenters. The molecule has 0 spiro atoms. The molecule has 1 aliphatic rings. The van der Waals surface area contributed by atoms with Gasteiger partial charge in [-0.2, -0.15) is 0 Å². The van der Waals surface area contributed by atoms with Crippen molar-refractivity contribution in [3.63, 3.8) is 0 Å². The first-order chi connectivity index (χ1) is 6.09. The van der Waals surface area contributed by atoms with E-state index in [1.807, 2.05) is 13.0 Å². The van der Waals surface area contributed by atoms with Crippen LogP contribution in [-0.2, 0) is 6.42 Å². The van der Waals surface area contributed by atoms with Crippen molar-refractivity contribution >= 4 is 19.4 Å². The Balaban J connectivity index is 2.60. The molecule has 0 saturated carbocycles. The Kier molecular flexibility index (Phi) is 2.13. The number of rotatable bonds is 0. The van der Waals surface area contributed by atoms with Gasteiger partial charge >= 0.3 is 85.0 Å². The summed E-state index contributed by atoms with van der Waals surface area (Å²) in [5.41, 5.74) is 3.77. The van der Waals surface area contributed by atoms with E-state index in [2.05, 4.69) is 13.8 Å². The van der Waals surface area contributed by atoms with Crippen LogP contribution in [0.15, 0.2) is 6.07 Å². The zero-order valence-corrected chi connectivity index (χ0v) is 9.93. The predicted molar refractivity (Wildman–Crippen MR) is 56.1 cm³/mol. The van der Waals surface area contributed by atoms with Crippen molar-refractivity contribution in [2.45, 2.75) is 32.0 Å². The Bertz CT molecular complexity index is 358. The van der Waals surface area contributed by atoms with Crippen LogP contribution in [0.25, 0.3) is 0 Å². The Morgan fingerprint density at radius 3 is 2.77 bits per heavy atom. The number of hydrogen-bond acceptors (Lipinski definition) is 1. The monoisotopic (exact) mass is 242 g/mol. The zero-order valence-electron chi connectivity index (χ0n) is 8.22. The summed E-state index contributed by atoms with van der Waals surface area (Å²) < 4.78 is 1.54. The molecular weight excluding hydrogens is 227 g/mol. The molecule has 13 heavy (non-hydrogen) atoms. The van der Waals surface area contributed by atoms with Gasteiger partial charge in [0.25, 0.3) is 0 Å². The average Bonchev–Trinajstić information content (AvgIpc) is 2.42. The van der Waals surface area contributed by atoms with Crippen LogP contribution in [-0.4, -0.2) is 20.1 Å². The van der Waals surface area contributed by atoms with E-state index in [0.717, 1.165) is 16.8 Å². The molecule has 1 heterocycles. The predicted octanol–water partition coefficient (Wildman–Crippen LogP) is 1.70. The van der Waals surface area contributed by atoms with Gasteiger partial charge in [-0.15, -0.1) is 0 Å². The van der Waals surface area contributed by atoms with Gasteiger partial charge in [-0.05, 0) is 0 Å². The second-order valence-electron chi connectivity index (χ2n) is 3.77. The van der Waals surface area contributed by atoms with Crippen LogP contribution in [0.3, 0.4) is 0 Å². The van der Waals surface area contributed by atoms with E-state index in [9.17, 15) is 5.11 Å². The number of phenolic OH excluding ortho intramolecular Hbond substituents is 1. The topological polar surface area (TPSA) is 20.2 Å². The normalized spacial score (nSPS) is 20.4. The standard InChI is InChI=1S/C11H14OSe/c1-6-4-9-5-10(12)7(2)8(3)11(9)13-6/h5-6,12H,4H2,1-3H3. The van der Waals surface area contributed by atoms with Gasteiger partial charge < -0.3 is 0 Å². The molecule has 1 N–H and O–H groups in total. The maximum atomic E-state index is 9.66. The van der Waals surface area contributed by atoms with Gasteiger partial charge in [0.1, 0.15) is 0 Å². The molecule has 0 bridgehead atoms. The molecule has 0 saturated heterocycles. The first-order valence-corrected chi connectivity index (χ1v) is 6.43. The van der Waals surface area contributed by atoms with E-state index >= 15 is 0 Å². The third-order valence-corrected chi connectivity index (χ3v) is 5.60. The number of hydrogen-bond donors (Lipinski definition) is 1. The van der Waals surface area contributed by atoms with Gasteiger partial charge in [-0.3, -0.25) is 0 Å². The van der Waals surface area contributed by atoms with Gasteiger partial charge in [0.2, 0.25) is 0 Å². The van der Waals surface area contributed by atoms with Crippen molar-refractivity contribution < 1.29 is 5.11 Å².